The first-order valence-electron chi connectivity index (χ1n) is 6.93. The number of para-hydroxylation sites is 1. The number of anilines is 1. The van der Waals surface area contributed by atoms with E-state index < -0.39 is 0 Å². The normalized spacial score (nSPS) is 21.3. The minimum absolute atomic E-state index is 0. The minimum atomic E-state index is 0. The van der Waals surface area contributed by atoms with Gasteiger partial charge < -0.3 is 5.32 Å². The van der Waals surface area contributed by atoms with Gasteiger partial charge in [-0.2, -0.15) is 0 Å². The molecule has 0 atom stereocenters. The smallest absolute Gasteiger partial charge is 0.0340 e. The van der Waals surface area contributed by atoms with Crippen LogP contribution in [-0.2, 0) is 0 Å². The molecule has 0 saturated carbocycles. The number of rotatable bonds is 4. The van der Waals surface area contributed by atoms with E-state index in [4.69, 9.17) is 0 Å². The van der Waals surface area contributed by atoms with Gasteiger partial charge in [-0.3, -0.25) is 4.90 Å². The zero-order chi connectivity index (χ0) is 11.6. The minimum Gasteiger partial charge on any atom is -0.385 e. The molecular weight excluding hydrogens is 244 g/mol. The van der Waals surface area contributed by atoms with Crippen molar-refractivity contribution < 1.29 is 0 Å². The third-order valence-corrected chi connectivity index (χ3v) is 4.50. The predicted octanol–water partition coefficient (Wildman–Crippen LogP) is 3.54. The maximum Gasteiger partial charge on any atom is 0.0340 e. The van der Waals surface area contributed by atoms with Crippen molar-refractivity contribution in [3.8, 4) is 0 Å². The van der Waals surface area contributed by atoms with Crippen molar-refractivity contribution in [2.45, 2.75) is 37.6 Å². The van der Waals surface area contributed by atoms with Crippen LogP contribution in [0.2, 0.25) is 0 Å². The van der Waals surface area contributed by atoms with E-state index in [1.807, 2.05) is 0 Å². The molecule has 3 rings (SSSR count). The average Bonchev–Trinajstić information content (AvgIpc) is 2.89. The molecule has 2 fully saturated rings. The SMILES string of the molecule is Cl.c1ccc(NCCC23CCCN2CCC3)cc1. The molecule has 0 aromatic heterocycles. The summed E-state index contributed by atoms with van der Waals surface area (Å²) < 4.78 is 0. The van der Waals surface area contributed by atoms with Gasteiger partial charge >= 0.3 is 0 Å². The number of fused-ring (bicyclic) bond motifs is 1. The van der Waals surface area contributed by atoms with E-state index in [9.17, 15) is 0 Å². The highest BCUT2D eigenvalue weighted by Gasteiger charge is 2.43. The van der Waals surface area contributed by atoms with Crippen LogP contribution in [0.1, 0.15) is 32.1 Å². The van der Waals surface area contributed by atoms with Crippen molar-refractivity contribution in [3.63, 3.8) is 0 Å². The first-order valence-corrected chi connectivity index (χ1v) is 6.93. The number of nitrogens with zero attached hydrogens (tertiary/aromatic N) is 1. The van der Waals surface area contributed by atoms with Gasteiger partial charge in [-0.1, -0.05) is 18.2 Å². The maximum absolute atomic E-state index is 3.55. The van der Waals surface area contributed by atoms with Crippen LogP contribution >= 0.6 is 12.4 Å². The van der Waals surface area contributed by atoms with Crippen LogP contribution in [0.25, 0.3) is 0 Å². The summed E-state index contributed by atoms with van der Waals surface area (Å²) in [7, 11) is 0. The third-order valence-electron chi connectivity index (χ3n) is 4.50. The van der Waals surface area contributed by atoms with Gasteiger partial charge in [-0.05, 0) is 57.3 Å². The van der Waals surface area contributed by atoms with Crippen molar-refractivity contribution in [1.29, 1.82) is 0 Å². The van der Waals surface area contributed by atoms with Gasteiger partial charge in [-0.15, -0.1) is 12.4 Å². The molecular formula is C15H23ClN2. The molecule has 0 aliphatic carbocycles. The van der Waals surface area contributed by atoms with Crippen LogP contribution in [-0.4, -0.2) is 30.1 Å². The topological polar surface area (TPSA) is 15.3 Å². The molecule has 1 N–H and O–H groups in total. The van der Waals surface area contributed by atoms with Crippen molar-refractivity contribution in [2.24, 2.45) is 0 Å². The van der Waals surface area contributed by atoms with E-state index in [-0.39, 0.29) is 12.4 Å². The highest BCUT2D eigenvalue weighted by atomic mass is 35.5. The molecule has 2 aliphatic heterocycles. The average molecular weight is 267 g/mol. The Morgan fingerprint density at radius 2 is 1.72 bits per heavy atom. The summed E-state index contributed by atoms with van der Waals surface area (Å²) in [6.07, 6.45) is 6.96. The summed E-state index contributed by atoms with van der Waals surface area (Å²) in [4.78, 5) is 2.74. The van der Waals surface area contributed by atoms with E-state index in [1.54, 1.807) is 0 Å². The molecule has 2 saturated heterocycles. The summed E-state index contributed by atoms with van der Waals surface area (Å²) in [5.74, 6) is 0. The number of benzene rings is 1. The van der Waals surface area contributed by atoms with Gasteiger partial charge in [-0.25, -0.2) is 0 Å². The zero-order valence-electron chi connectivity index (χ0n) is 10.9. The number of hydrogen-bond acceptors (Lipinski definition) is 2. The van der Waals surface area contributed by atoms with Gasteiger partial charge in [0.1, 0.15) is 0 Å². The molecule has 100 valence electrons. The first kappa shape index (κ1) is 13.7. The molecule has 0 amide bonds. The fraction of sp³-hybridized carbons (Fsp3) is 0.600. The van der Waals surface area contributed by atoms with Crippen molar-refractivity contribution >= 4 is 18.1 Å². The lowest BCUT2D eigenvalue weighted by Crippen LogP contribution is -2.39. The van der Waals surface area contributed by atoms with Crippen LogP contribution in [0, 0.1) is 0 Å². The molecule has 3 heteroatoms. The van der Waals surface area contributed by atoms with Crippen LogP contribution in [0.5, 0.6) is 0 Å². The van der Waals surface area contributed by atoms with Gasteiger partial charge in [0, 0.05) is 17.8 Å². The summed E-state index contributed by atoms with van der Waals surface area (Å²) in [6.45, 7) is 3.79. The van der Waals surface area contributed by atoms with Gasteiger partial charge in [0.15, 0.2) is 0 Å². The lowest BCUT2D eigenvalue weighted by molar-refractivity contribution is 0.187. The highest BCUT2D eigenvalue weighted by Crippen LogP contribution is 2.41. The molecule has 2 nitrogen and oxygen atoms in total. The Hall–Kier alpha value is -0.730. The monoisotopic (exact) mass is 266 g/mol. The second-order valence-electron chi connectivity index (χ2n) is 5.46. The second kappa shape index (κ2) is 5.94. The summed E-state index contributed by atoms with van der Waals surface area (Å²) in [5, 5.41) is 3.55. The molecule has 0 spiro atoms. The van der Waals surface area contributed by atoms with Crippen LogP contribution in [0.3, 0.4) is 0 Å². The number of halogens is 1. The summed E-state index contributed by atoms with van der Waals surface area (Å²) in [5.41, 5.74) is 1.81. The fourth-order valence-electron chi connectivity index (χ4n) is 3.63. The van der Waals surface area contributed by atoms with Gasteiger partial charge in [0.25, 0.3) is 0 Å². The van der Waals surface area contributed by atoms with E-state index in [0.29, 0.717) is 5.54 Å². The predicted molar refractivity (Wildman–Crippen MR) is 79.6 cm³/mol. The van der Waals surface area contributed by atoms with Crippen LogP contribution < -0.4 is 5.32 Å². The van der Waals surface area contributed by atoms with Gasteiger partial charge in [0.2, 0.25) is 0 Å². The molecule has 18 heavy (non-hydrogen) atoms. The van der Waals surface area contributed by atoms with Crippen LogP contribution in [0.15, 0.2) is 30.3 Å². The summed E-state index contributed by atoms with van der Waals surface area (Å²) >= 11 is 0. The Morgan fingerprint density at radius 3 is 2.39 bits per heavy atom. The number of hydrogen-bond donors (Lipinski definition) is 1. The van der Waals surface area contributed by atoms with Crippen molar-refractivity contribution in [2.75, 3.05) is 25.0 Å². The molecule has 1 aromatic carbocycles. The third kappa shape index (κ3) is 2.65. The number of nitrogens with one attached hydrogen (secondary N) is 1. The van der Waals surface area contributed by atoms with E-state index in [1.165, 1.54) is 50.9 Å². The Balaban J connectivity index is 0.00000120. The van der Waals surface area contributed by atoms with Gasteiger partial charge in [0.05, 0.1) is 0 Å². The standard InChI is InChI=1S/C15H22N2.ClH/c1-2-6-14(7-3-1)16-11-10-15-8-4-12-17(15)13-5-9-15;/h1-3,6-7,16H,4-5,8-13H2;1H. The quantitative estimate of drug-likeness (QED) is 0.897. The zero-order valence-corrected chi connectivity index (χ0v) is 11.7. The Kier molecular flexibility index (Phi) is 4.52. The lowest BCUT2D eigenvalue weighted by atomic mass is 9.90. The Morgan fingerprint density at radius 1 is 1.06 bits per heavy atom. The Bertz CT molecular complexity index is 356. The van der Waals surface area contributed by atoms with E-state index in [2.05, 4.69) is 40.5 Å². The largest absolute Gasteiger partial charge is 0.385 e. The first-order chi connectivity index (χ1) is 8.39. The maximum atomic E-state index is 3.55. The molecule has 2 heterocycles. The molecule has 0 unspecified atom stereocenters. The molecule has 0 radical (unpaired) electrons. The van der Waals surface area contributed by atoms with E-state index >= 15 is 0 Å². The lowest BCUT2D eigenvalue weighted by Gasteiger charge is -2.32. The van der Waals surface area contributed by atoms with Crippen molar-refractivity contribution in [1.82, 2.24) is 4.90 Å². The fourth-order valence-corrected chi connectivity index (χ4v) is 3.63. The second-order valence-corrected chi connectivity index (χ2v) is 5.46. The molecule has 0 bridgehead atoms. The van der Waals surface area contributed by atoms with Crippen LogP contribution in [0.4, 0.5) is 5.69 Å². The summed E-state index contributed by atoms with van der Waals surface area (Å²) in [6, 6.07) is 10.6. The van der Waals surface area contributed by atoms with Crippen molar-refractivity contribution in [3.05, 3.63) is 30.3 Å². The van der Waals surface area contributed by atoms with E-state index in [0.717, 1.165) is 6.54 Å². The Labute approximate surface area is 116 Å². The highest BCUT2D eigenvalue weighted by molar-refractivity contribution is 5.85. The molecule has 1 aromatic rings. The molecule has 2 aliphatic rings.